The van der Waals surface area contributed by atoms with Crippen molar-refractivity contribution in [1.29, 1.82) is 0 Å². The van der Waals surface area contributed by atoms with Crippen molar-refractivity contribution in [3.63, 3.8) is 0 Å². The Morgan fingerprint density at radius 1 is 1.11 bits per heavy atom. The van der Waals surface area contributed by atoms with Gasteiger partial charge in [0.1, 0.15) is 0 Å². The number of hydrogen-bond acceptors (Lipinski definition) is 4. The molecule has 0 aliphatic heterocycles. The summed E-state index contributed by atoms with van der Waals surface area (Å²) in [6.07, 6.45) is 1.03. The number of aliphatic hydroxyl groups is 2. The average molecular weight is 244 g/mol. The van der Waals surface area contributed by atoms with Crippen molar-refractivity contribution < 1.29 is 10.2 Å². The minimum atomic E-state index is -0.736. The van der Waals surface area contributed by atoms with Gasteiger partial charge in [0.15, 0.2) is 0 Å². The quantitative estimate of drug-likeness (QED) is 0.746. The molecule has 2 aromatic rings. The molecule has 0 amide bonds. The minimum Gasteiger partial charge on any atom is -0.394 e. The molecular weight excluding hydrogens is 228 g/mol. The van der Waals surface area contributed by atoms with Crippen LogP contribution in [0.25, 0.3) is 11.3 Å². The largest absolute Gasteiger partial charge is 0.394 e. The number of nitrogens with zero attached hydrogens (tertiary/aromatic N) is 1. The molecule has 0 bridgehead atoms. The average Bonchev–Trinajstić information content (AvgIpc) is 2.46. The van der Waals surface area contributed by atoms with Crippen LogP contribution in [0.4, 0.5) is 5.69 Å². The fourth-order valence-electron chi connectivity index (χ4n) is 1.59. The second kappa shape index (κ2) is 6.14. The van der Waals surface area contributed by atoms with Gasteiger partial charge < -0.3 is 15.5 Å². The van der Waals surface area contributed by atoms with Crippen molar-refractivity contribution in [3.05, 3.63) is 48.7 Å². The van der Waals surface area contributed by atoms with E-state index >= 15 is 0 Å². The van der Waals surface area contributed by atoms with Gasteiger partial charge in [-0.05, 0) is 24.3 Å². The van der Waals surface area contributed by atoms with Gasteiger partial charge in [-0.1, -0.05) is 18.2 Å². The maximum atomic E-state index is 9.23. The lowest BCUT2D eigenvalue weighted by molar-refractivity contribution is 0.105. The van der Waals surface area contributed by atoms with E-state index in [9.17, 15) is 5.11 Å². The normalized spacial score (nSPS) is 12.1. The van der Waals surface area contributed by atoms with Gasteiger partial charge in [-0.3, -0.25) is 4.98 Å². The first kappa shape index (κ1) is 12.5. The van der Waals surface area contributed by atoms with Crippen molar-refractivity contribution in [2.24, 2.45) is 0 Å². The fourth-order valence-corrected chi connectivity index (χ4v) is 1.59. The van der Waals surface area contributed by atoms with Gasteiger partial charge in [-0.2, -0.15) is 0 Å². The molecule has 4 nitrogen and oxygen atoms in total. The second-order valence-corrected chi connectivity index (χ2v) is 4.01. The number of aromatic nitrogens is 1. The van der Waals surface area contributed by atoms with Crippen LogP contribution in [-0.2, 0) is 0 Å². The Bertz CT molecular complexity index is 471. The zero-order valence-electron chi connectivity index (χ0n) is 9.95. The van der Waals surface area contributed by atoms with Crippen LogP contribution in [-0.4, -0.2) is 34.5 Å². The molecule has 0 aliphatic carbocycles. The van der Waals surface area contributed by atoms with Crippen LogP contribution >= 0.6 is 0 Å². The summed E-state index contributed by atoms with van der Waals surface area (Å²) in [5.74, 6) is 0. The molecule has 0 saturated carbocycles. The van der Waals surface area contributed by atoms with Gasteiger partial charge in [0.05, 0.1) is 18.4 Å². The molecule has 18 heavy (non-hydrogen) atoms. The first-order valence-electron chi connectivity index (χ1n) is 5.84. The minimum absolute atomic E-state index is 0.237. The van der Waals surface area contributed by atoms with Gasteiger partial charge in [0.25, 0.3) is 0 Å². The van der Waals surface area contributed by atoms with Crippen molar-refractivity contribution in [1.82, 2.24) is 4.98 Å². The molecular formula is C14H16N2O2. The van der Waals surface area contributed by atoms with E-state index in [1.54, 1.807) is 6.20 Å². The van der Waals surface area contributed by atoms with E-state index in [2.05, 4.69) is 10.3 Å². The van der Waals surface area contributed by atoms with Crippen LogP contribution < -0.4 is 5.32 Å². The summed E-state index contributed by atoms with van der Waals surface area (Å²) >= 11 is 0. The lowest BCUT2D eigenvalue weighted by Gasteiger charge is -2.10. The lowest BCUT2D eigenvalue weighted by Crippen LogP contribution is -2.22. The van der Waals surface area contributed by atoms with Gasteiger partial charge in [-0.25, -0.2) is 0 Å². The first-order valence-corrected chi connectivity index (χ1v) is 5.84. The molecule has 2 rings (SSSR count). The number of benzene rings is 1. The lowest BCUT2D eigenvalue weighted by atomic mass is 10.1. The second-order valence-electron chi connectivity index (χ2n) is 4.01. The monoisotopic (exact) mass is 244 g/mol. The molecule has 1 atom stereocenters. The highest BCUT2D eigenvalue weighted by molar-refractivity contribution is 5.62. The third kappa shape index (κ3) is 3.29. The van der Waals surface area contributed by atoms with Crippen LogP contribution in [0.2, 0.25) is 0 Å². The zero-order valence-corrected chi connectivity index (χ0v) is 9.95. The van der Waals surface area contributed by atoms with Crippen LogP contribution in [0, 0.1) is 0 Å². The van der Waals surface area contributed by atoms with Crippen molar-refractivity contribution in [2.75, 3.05) is 18.5 Å². The van der Waals surface area contributed by atoms with Crippen LogP contribution in [0.3, 0.4) is 0 Å². The third-order valence-electron chi connectivity index (χ3n) is 2.60. The highest BCUT2D eigenvalue weighted by atomic mass is 16.3. The Balaban J connectivity index is 2.02. The SMILES string of the molecule is OCC(O)CNc1ccc(-c2ccccn2)cc1. The van der Waals surface area contributed by atoms with E-state index in [0.29, 0.717) is 6.54 Å². The topological polar surface area (TPSA) is 65.4 Å². The molecule has 1 aromatic heterocycles. The Hall–Kier alpha value is -1.91. The standard InChI is InChI=1S/C14H16N2O2/c17-10-13(18)9-16-12-6-4-11(5-7-12)14-3-1-2-8-15-14/h1-8,13,16-18H,9-10H2. The summed E-state index contributed by atoms with van der Waals surface area (Å²) in [5, 5.41) is 21.0. The Morgan fingerprint density at radius 2 is 1.89 bits per heavy atom. The van der Waals surface area contributed by atoms with Gasteiger partial charge in [0, 0.05) is 24.0 Å². The molecule has 0 saturated heterocycles. The molecule has 3 N–H and O–H groups in total. The summed E-state index contributed by atoms with van der Waals surface area (Å²) in [6.45, 7) is 0.0957. The molecule has 1 heterocycles. The highest BCUT2D eigenvalue weighted by Crippen LogP contribution is 2.18. The number of anilines is 1. The molecule has 1 unspecified atom stereocenters. The van der Waals surface area contributed by atoms with Gasteiger partial charge in [0.2, 0.25) is 0 Å². The summed E-state index contributed by atoms with van der Waals surface area (Å²) in [4.78, 5) is 4.27. The number of nitrogens with one attached hydrogen (secondary N) is 1. The van der Waals surface area contributed by atoms with E-state index < -0.39 is 6.10 Å². The zero-order chi connectivity index (χ0) is 12.8. The number of aliphatic hydroxyl groups excluding tert-OH is 2. The molecule has 1 aromatic carbocycles. The summed E-state index contributed by atoms with van der Waals surface area (Å²) in [5.41, 5.74) is 2.88. The van der Waals surface area contributed by atoms with Crippen molar-refractivity contribution in [2.45, 2.75) is 6.10 Å². The van der Waals surface area contributed by atoms with Crippen LogP contribution in [0.15, 0.2) is 48.7 Å². The van der Waals surface area contributed by atoms with E-state index in [4.69, 9.17) is 5.11 Å². The van der Waals surface area contributed by atoms with Crippen molar-refractivity contribution >= 4 is 5.69 Å². The first-order chi connectivity index (χ1) is 8.79. The molecule has 4 heteroatoms. The predicted molar refractivity (Wildman–Crippen MR) is 71.3 cm³/mol. The van der Waals surface area contributed by atoms with E-state index in [1.165, 1.54) is 0 Å². The predicted octanol–water partition coefficient (Wildman–Crippen LogP) is 1.51. The number of hydrogen-bond donors (Lipinski definition) is 3. The smallest absolute Gasteiger partial charge is 0.0942 e. The van der Waals surface area contributed by atoms with Crippen LogP contribution in [0.5, 0.6) is 0 Å². The summed E-state index contributed by atoms with van der Waals surface area (Å²) in [6, 6.07) is 13.6. The molecule has 0 radical (unpaired) electrons. The molecule has 94 valence electrons. The van der Waals surface area contributed by atoms with Gasteiger partial charge in [-0.15, -0.1) is 0 Å². The highest BCUT2D eigenvalue weighted by Gasteiger charge is 2.02. The summed E-state index contributed by atoms with van der Waals surface area (Å²) in [7, 11) is 0. The van der Waals surface area contributed by atoms with Crippen LogP contribution in [0.1, 0.15) is 0 Å². The summed E-state index contributed by atoms with van der Waals surface area (Å²) < 4.78 is 0. The van der Waals surface area contributed by atoms with E-state index in [-0.39, 0.29) is 6.61 Å². The fraction of sp³-hybridized carbons (Fsp3) is 0.214. The Kier molecular flexibility index (Phi) is 4.28. The number of pyridine rings is 1. The Labute approximate surface area is 106 Å². The van der Waals surface area contributed by atoms with E-state index in [0.717, 1.165) is 16.9 Å². The maximum absolute atomic E-state index is 9.23. The molecule has 0 fully saturated rings. The molecule has 0 aliphatic rings. The third-order valence-corrected chi connectivity index (χ3v) is 2.60. The van der Waals surface area contributed by atoms with E-state index in [1.807, 2.05) is 42.5 Å². The maximum Gasteiger partial charge on any atom is 0.0942 e. The number of rotatable bonds is 5. The molecule has 0 spiro atoms. The van der Waals surface area contributed by atoms with Crippen molar-refractivity contribution in [3.8, 4) is 11.3 Å². The van der Waals surface area contributed by atoms with Gasteiger partial charge >= 0.3 is 0 Å². The Morgan fingerprint density at radius 3 is 2.50 bits per heavy atom.